The Bertz CT molecular complexity index is 117. The van der Waals surface area contributed by atoms with E-state index in [0.717, 1.165) is 0 Å². The van der Waals surface area contributed by atoms with E-state index in [1.165, 1.54) is 7.11 Å². The smallest absolute Gasteiger partial charge is 0.306 e. The van der Waals surface area contributed by atoms with Gasteiger partial charge < -0.3 is 14.6 Å². The first kappa shape index (κ1) is 10.7. The number of hydrogen-bond donors (Lipinski definition) is 1. The Morgan fingerprint density at radius 2 is 2.36 bits per heavy atom. The van der Waals surface area contributed by atoms with Gasteiger partial charge in [-0.1, -0.05) is 0 Å². The second-order valence-electron chi connectivity index (χ2n) is 1.95. The quantitative estimate of drug-likeness (QED) is 0.485. The molecule has 0 unspecified atom stereocenters. The number of carboxylic acids is 1. The van der Waals surface area contributed by atoms with E-state index in [2.05, 4.69) is 4.74 Å². The van der Waals surface area contributed by atoms with E-state index >= 15 is 0 Å². The van der Waals surface area contributed by atoms with Gasteiger partial charge in [0, 0.05) is 13.0 Å². The molecule has 1 N–H and O–H groups in total. The van der Waals surface area contributed by atoms with Crippen LogP contribution in [0.5, 0.6) is 0 Å². The zero-order chi connectivity index (χ0) is 8.69. The van der Waals surface area contributed by atoms with Gasteiger partial charge >= 0.3 is 5.97 Å². The van der Waals surface area contributed by atoms with Crippen molar-refractivity contribution in [3.05, 3.63) is 0 Å². The zero-order valence-electron chi connectivity index (χ0n) is 6.25. The van der Waals surface area contributed by atoms with Gasteiger partial charge in [-0.3, -0.25) is 4.79 Å². The van der Waals surface area contributed by atoms with E-state index in [1.807, 2.05) is 0 Å². The number of aliphatic carboxylic acids is 1. The average Bonchev–Trinajstić information content (AvgIpc) is 1.97. The number of ether oxygens (including phenoxy) is 2. The lowest BCUT2D eigenvalue weighted by Gasteiger charge is -2.11. The fourth-order valence-electron chi connectivity index (χ4n) is 0.517. The molecule has 0 radical (unpaired) electrons. The summed E-state index contributed by atoms with van der Waals surface area (Å²) in [5.41, 5.74) is 0. The third-order valence-electron chi connectivity index (χ3n) is 0.996. The van der Waals surface area contributed by atoms with Crippen LogP contribution in [0.2, 0.25) is 0 Å². The SMILES string of the molecule is COCO[C@H](CCl)CC(=O)O. The summed E-state index contributed by atoms with van der Waals surface area (Å²) in [5, 5.41) is 8.33. The molecule has 0 heterocycles. The Kier molecular flexibility index (Phi) is 6.21. The number of rotatable bonds is 6. The molecule has 0 rings (SSSR count). The highest BCUT2D eigenvalue weighted by Crippen LogP contribution is 2.00. The third kappa shape index (κ3) is 6.09. The van der Waals surface area contributed by atoms with Crippen molar-refractivity contribution in [3.8, 4) is 0 Å². The highest BCUT2D eigenvalue weighted by molar-refractivity contribution is 6.18. The minimum absolute atomic E-state index is 0.0741. The Hall–Kier alpha value is -0.320. The van der Waals surface area contributed by atoms with Crippen LogP contribution >= 0.6 is 11.6 Å². The van der Waals surface area contributed by atoms with E-state index in [4.69, 9.17) is 21.4 Å². The summed E-state index contributed by atoms with van der Waals surface area (Å²) < 4.78 is 9.50. The van der Waals surface area contributed by atoms with Crippen molar-refractivity contribution >= 4 is 17.6 Å². The molecular formula is C6H11ClO4. The molecular weight excluding hydrogens is 172 g/mol. The first-order valence-electron chi connectivity index (χ1n) is 3.09. The van der Waals surface area contributed by atoms with E-state index in [9.17, 15) is 4.79 Å². The second-order valence-corrected chi connectivity index (χ2v) is 2.26. The van der Waals surface area contributed by atoms with Crippen molar-refractivity contribution < 1.29 is 19.4 Å². The van der Waals surface area contributed by atoms with Crippen molar-refractivity contribution in [2.24, 2.45) is 0 Å². The highest BCUT2D eigenvalue weighted by atomic mass is 35.5. The van der Waals surface area contributed by atoms with Crippen molar-refractivity contribution in [1.29, 1.82) is 0 Å². The molecule has 4 nitrogen and oxygen atoms in total. The predicted octanol–water partition coefficient (Wildman–Crippen LogP) is 0.689. The lowest BCUT2D eigenvalue weighted by atomic mass is 10.3. The number of carboxylic acid groups (broad SMARTS) is 1. The molecule has 0 saturated heterocycles. The molecule has 0 amide bonds. The molecule has 66 valence electrons. The second kappa shape index (κ2) is 6.39. The van der Waals surface area contributed by atoms with Gasteiger partial charge in [0.05, 0.1) is 12.5 Å². The van der Waals surface area contributed by atoms with Crippen molar-refractivity contribution in [2.75, 3.05) is 19.8 Å². The predicted molar refractivity (Wildman–Crippen MR) is 39.7 cm³/mol. The van der Waals surface area contributed by atoms with Crippen molar-refractivity contribution in [3.63, 3.8) is 0 Å². The van der Waals surface area contributed by atoms with Gasteiger partial charge in [0.25, 0.3) is 0 Å². The summed E-state index contributed by atoms with van der Waals surface area (Å²) in [6, 6.07) is 0. The van der Waals surface area contributed by atoms with Crippen LogP contribution in [-0.2, 0) is 14.3 Å². The first-order valence-corrected chi connectivity index (χ1v) is 3.62. The van der Waals surface area contributed by atoms with Gasteiger partial charge in [0.1, 0.15) is 6.79 Å². The number of carbonyl (C=O) groups is 1. The van der Waals surface area contributed by atoms with Crippen LogP contribution in [-0.4, -0.2) is 37.0 Å². The Morgan fingerprint density at radius 1 is 1.73 bits per heavy atom. The monoisotopic (exact) mass is 182 g/mol. The van der Waals surface area contributed by atoms with Gasteiger partial charge in [-0.25, -0.2) is 0 Å². The molecule has 0 bridgehead atoms. The number of hydrogen-bond acceptors (Lipinski definition) is 3. The summed E-state index contributed by atoms with van der Waals surface area (Å²) in [6.45, 7) is 0.0741. The van der Waals surface area contributed by atoms with Gasteiger partial charge in [-0.2, -0.15) is 0 Å². The standard InChI is InChI=1S/C6H11ClO4/c1-10-4-11-5(3-7)2-6(8)9/h5H,2-4H2,1H3,(H,8,9)/t5-/m0/s1. The number of alkyl halides is 1. The normalized spacial score (nSPS) is 12.9. The van der Waals surface area contributed by atoms with E-state index < -0.39 is 12.1 Å². The van der Waals surface area contributed by atoms with E-state index in [1.54, 1.807) is 0 Å². The van der Waals surface area contributed by atoms with Crippen LogP contribution in [0.4, 0.5) is 0 Å². The fraction of sp³-hybridized carbons (Fsp3) is 0.833. The van der Waals surface area contributed by atoms with Gasteiger partial charge in [-0.05, 0) is 0 Å². The third-order valence-corrected chi connectivity index (χ3v) is 1.34. The Balaban J connectivity index is 3.49. The zero-order valence-corrected chi connectivity index (χ0v) is 7.00. The molecule has 0 aromatic rings. The summed E-state index contributed by atoms with van der Waals surface area (Å²) in [5.74, 6) is -0.762. The van der Waals surface area contributed by atoms with Crippen LogP contribution < -0.4 is 0 Å². The maximum atomic E-state index is 10.2. The molecule has 0 aromatic carbocycles. The van der Waals surface area contributed by atoms with Gasteiger partial charge in [-0.15, -0.1) is 11.6 Å². The minimum atomic E-state index is -0.924. The minimum Gasteiger partial charge on any atom is -0.481 e. The summed E-state index contributed by atoms with van der Waals surface area (Å²) in [6.07, 6.45) is -0.554. The molecule has 0 aromatic heterocycles. The number of methoxy groups -OCH3 is 1. The van der Waals surface area contributed by atoms with Crippen LogP contribution in [0.3, 0.4) is 0 Å². The van der Waals surface area contributed by atoms with Crippen LogP contribution in [0.15, 0.2) is 0 Å². The van der Waals surface area contributed by atoms with Crippen LogP contribution in [0.1, 0.15) is 6.42 Å². The molecule has 0 aliphatic rings. The van der Waals surface area contributed by atoms with Crippen LogP contribution in [0, 0.1) is 0 Å². The maximum absolute atomic E-state index is 10.2. The molecule has 5 heteroatoms. The summed E-state index contributed by atoms with van der Waals surface area (Å²) in [7, 11) is 1.46. The first-order chi connectivity index (χ1) is 5.20. The molecule has 0 aliphatic carbocycles. The largest absolute Gasteiger partial charge is 0.481 e. The summed E-state index contributed by atoms with van der Waals surface area (Å²) in [4.78, 5) is 10.2. The van der Waals surface area contributed by atoms with Crippen LogP contribution in [0.25, 0.3) is 0 Å². The van der Waals surface area contributed by atoms with Crippen molar-refractivity contribution in [2.45, 2.75) is 12.5 Å². The van der Waals surface area contributed by atoms with E-state index in [0.29, 0.717) is 0 Å². The number of halogens is 1. The Morgan fingerprint density at radius 3 is 2.73 bits per heavy atom. The molecule has 0 saturated carbocycles. The molecule has 0 aliphatic heterocycles. The molecule has 0 fully saturated rings. The molecule has 11 heavy (non-hydrogen) atoms. The van der Waals surface area contributed by atoms with Gasteiger partial charge in [0.2, 0.25) is 0 Å². The average molecular weight is 183 g/mol. The Labute approximate surface area is 70.1 Å². The molecule has 0 spiro atoms. The van der Waals surface area contributed by atoms with E-state index in [-0.39, 0.29) is 19.1 Å². The van der Waals surface area contributed by atoms with Crippen molar-refractivity contribution in [1.82, 2.24) is 0 Å². The van der Waals surface area contributed by atoms with Gasteiger partial charge in [0.15, 0.2) is 0 Å². The highest BCUT2D eigenvalue weighted by Gasteiger charge is 2.11. The lowest BCUT2D eigenvalue weighted by molar-refractivity contribution is -0.142. The topological polar surface area (TPSA) is 55.8 Å². The maximum Gasteiger partial charge on any atom is 0.306 e. The fourth-order valence-corrected chi connectivity index (χ4v) is 0.715. The lowest BCUT2D eigenvalue weighted by Crippen LogP contribution is -2.20. The summed E-state index contributed by atoms with van der Waals surface area (Å²) >= 11 is 5.40. The molecule has 1 atom stereocenters.